The van der Waals surface area contributed by atoms with Crippen LogP contribution in [0, 0.1) is 0 Å². The van der Waals surface area contributed by atoms with E-state index in [1.165, 1.54) is 11.8 Å². The Hall–Kier alpha value is -1.40. The van der Waals surface area contributed by atoms with E-state index in [1.54, 1.807) is 18.9 Å². The summed E-state index contributed by atoms with van der Waals surface area (Å²) < 4.78 is 5.37. The van der Waals surface area contributed by atoms with Crippen LogP contribution in [0.15, 0.2) is 45.4 Å². The molecule has 0 spiro atoms. The highest BCUT2D eigenvalue weighted by Crippen LogP contribution is 2.34. The van der Waals surface area contributed by atoms with Crippen LogP contribution in [0.25, 0.3) is 0 Å². The Morgan fingerprint density at radius 1 is 1.25 bits per heavy atom. The fourth-order valence-corrected chi connectivity index (χ4v) is 3.00. The average Bonchev–Trinajstić information content (AvgIpc) is 2.48. The maximum absolute atomic E-state index is 5.37. The van der Waals surface area contributed by atoms with E-state index >= 15 is 0 Å². The van der Waals surface area contributed by atoms with Crippen LogP contribution in [0.1, 0.15) is 6.92 Å². The van der Waals surface area contributed by atoms with Crippen molar-refractivity contribution in [1.82, 2.24) is 9.97 Å². The third-order valence-corrected chi connectivity index (χ3v) is 4.03. The maximum atomic E-state index is 5.37. The maximum Gasteiger partial charge on any atom is 0.190 e. The first-order chi connectivity index (χ1) is 9.76. The molecule has 0 atom stereocenters. The predicted octanol–water partition coefficient (Wildman–Crippen LogP) is 3.79. The normalized spacial score (nSPS) is 10.3. The molecule has 0 saturated carbocycles. The second-order valence-electron chi connectivity index (χ2n) is 3.86. The van der Waals surface area contributed by atoms with Crippen LogP contribution in [0.3, 0.4) is 0 Å². The van der Waals surface area contributed by atoms with Crippen molar-refractivity contribution < 1.29 is 4.74 Å². The third kappa shape index (κ3) is 3.80. The summed E-state index contributed by atoms with van der Waals surface area (Å²) >= 11 is 3.12. The van der Waals surface area contributed by atoms with Gasteiger partial charge in [-0.3, -0.25) is 0 Å². The highest BCUT2D eigenvalue weighted by molar-refractivity contribution is 7.99. The number of methoxy groups -OCH3 is 1. The number of hydrogen-bond acceptors (Lipinski definition) is 6. The van der Waals surface area contributed by atoms with E-state index in [2.05, 4.69) is 15.3 Å². The lowest BCUT2D eigenvalue weighted by Gasteiger charge is -2.09. The van der Waals surface area contributed by atoms with Crippen LogP contribution in [-0.2, 0) is 0 Å². The van der Waals surface area contributed by atoms with Gasteiger partial charge in [-0.15, -0.1) is 0 Å². The monoisotopic (exact) mass is 307 g/mol. The van der Waals surface area contributed by atoms with E-state index in [9.17, 15) is 0 Å². The number of benzene rings is 1. The lowest BCUT2D eigenvalue weighted by molar-refractivity contribution is 0.405. The third-order valence-electron chi connectivity index (χ3n) is 2.51. The molecule has 0 unspecified atom stereocenters. The predicted molar refractivity (Wildman–Crippen MR) is 85.1 cm³/mol. The number of rotatable bonds is 6. The molecule has 1 aromatic carbocycles. The molecule has 0 aliphatic rings. The van der Waals surface area contributed by atoms with Gasteiger partial charge in [-0.2, -0.15) is 0 Å². The Labute approximate surface area is 127 Å². The van der Waals surface area contributed by atoms with Gasteiger partial charge in [-0.1, -0.05) is 35.7 Å². The zero-order valence-electron chi connectivity index (χ0n) is 11.7. The highest BCUT2D eigenvalue weighted by atomic mass is 32.2. The fourth-order valence-electron chi connectivity index (χ4n) is 1.63. The van der Waals surface area contributed by atoms with Crippen LogP contribution in [0.4, 0.5) is 5.82 Å². The first kappa shape index (κ1) is 15.0. The zero-order chi connectivity index (χ0) is 14.4. The molecule has 0 radical (unpaired) electrons. The van der Waals surface area contributed by atoms with E-state index in [-0.39, 0.29) is 0 Å². The minimum atomic E-state index is 0.765. The molecular weight excluding hydrogens is 290 g/mol. The van der Waals surface area contributed by atoms with Gasteiger partial charge >= 0.3 is 0 Å². The molecule has 4 nitrogen and oxygen atoms in total. The minimum absolute atomic E-state index is 0.765. The molecule has 106 valence electrons. The van der Waals surface area contributed by atoms with E-state index in [0.29, 0.717) is 0 Å². The summed E-state index contributed by atoms with van der Waals surface area (Å²) in [4.78, 5) is 9.99. The molecule has 2 rings (SSSR count). The summed E-state index contributed by atoms with van der Waals surface area (Å²) in [5, 5.41) is 4.90. The van der Waals surface area contributed by atoms with Crippen molar-refractivity contribution in [1.29, 1.82) is 0 Å². The largest absolute Gasteiger partial charge is 0.496 e. The van der Waals surface area contributed by atoms with Crippen molar-refractivity contribution in [2.24, 2.45) is 0 Å². The Kier molecular flexibility index (Phi) is 5.55. The summed E-state index contributed by atoms with van der Waals surface area (Å²) in [6.07, 6.45) is 1.97. The summed E-state index contributed by atoms with van der Waals surface area (Å²) in [7, 11) is 1.68. The molecule has 0 fully saturated rings. The molecule has 20 heavy (non-hydrogen) atoms. The lowest BCUT2D eigenvalue weighted by atomic mass is 10.3. The SMILES string of the molecule is CCNc1cc(Sc2ccccc2OC)nc(SC)n1. The Balaban J connectivity index is 2.30. The van der Waals surface area contributed by atoms with Crippen LogP contribution in [0.2, 0.25) is 0 Å². The zero-order valence-corrected chi connectivity index (χ0v) is 13.3. The Bertz CT molecular complexity index is 578. The van der Waals surface area contributed by atoms with Crippen molar-refractivity contribution in [3.63, 3.8) is 0 Å². The lowest BCUT2D eigenvalue weighted by Crippen LogP contribution is -2.01. The second-order valence-corrected chi connectivity index (χ2v) is 5.70. The van der Waals surface area contributed by atoms with Gasteiger partial charge in [-0.25, -0.2) is 9.97 Å². The van der Waals surface area contributed by atoms with Crippen LogP contribution < -0.4 is 10.1 Å². The molecule has 1 heterocycles. The molecule has 2 aromatic rings. The minimum Gasteiger partial charge on any atom is -0.496 e. The van der Waals surface area contributed by atoms with E-state index in [1.807, 2.05) is 43.5 Å². The number of para-hydroxylation sites is 1. The van der Waals surface area contributed by atoms with Crippen molar-refractivity contribution in [2.75, 3.05) is 25.2 Å². The Morgan fingerprint density at radius 2 is 2.05 bits per heavy atom. The van der Waals surface area contributed by atoms with Crippen molar-refractivity contribution in [3.05, 3.63) is 30.3 Å². The fraction of sp³-hybridized carbons (Fsp3) is 0.286. The van der Waals surface area contributed by atoms with Gasteiger partial charge in [0.15, 0.2) is 5.16 Å². The number of hydrogen-bond donors (Lipinski definition) is 1. The van der Waals surface area contributed by atoms with Gasteiger partial charge in [-0.05, 0) is 25.3 Å². The van der Waals surface area contributed by atoms with Gasteiger partial charge in [0.25, 0.3) is 0 Å². The number of ether oxygens (including phenoxy) is 1. The first-order valence-electron chi connectivity index (χ1n) is 6.24. The van der Waals surface area contributed by atoms with Gasteiger partial charge in [0.05, 0.1) is 12.0 Å². The standard InChI is InChI=1S/C14H17N3OS2/c1-4-15-12-9-13(17-14(16-12)19-3)20-11-8-6-5-7-10(11)18-2/h5-9H,4H2,1-3H3,(H,15,16,17). The highest BCUT2D eigenvalue weighted by Gasteiger charge is 2.08. The second kappa shape index (κ2) is 7.40. The molecule has 0 saturated heterocycles. The molecule has 0 aliphatic carbocycles. The van der Waals surface area contributed by atoms with E-state index in [0.717, 1.165) is 33.2 Å². The van der Waals surface area contributed by atoms with Crippen molar-refractivity contribution in [3.8, 4) is 5.75 Å². The topological polar surface area (TPSA) is 47.0 Å². The van der Waals surface area contributed by atoms with Crippen LogP contribution in [-0.4, -0.2) is 29.9 Å². The van der Waals surface area contributed by atoms with Gasteiger partial charge < -0.3 is 10.1 Å². The average molecular weight is 307 g/mol. The van der Waals surface area contributed by atoms with Crippen LogP contribution >= 0.6 is 23.5 Å². The molecule has 0 bridgehead atoms. The summed E-state index contributed by atoms with van der Waals surface area (Å²) in [5.74, 6) is 1.70. The van der Waals surface area contributed by atoms with Crippen molar-refractivity contribution >= 4 is 29.3 Å². The number of thioether (sulfide) groups is 1. The number of aromatic nitrogens is 2. The summed E-state index contributed by atoms with van der Waals surface area (Å²) in [5.41, 5.74) is 0. The molecule has 1 aromatic heterocycles. The summed E-state index contributed by atoms with van der Waals surface area (Å²) in [6, 6.07) is 9.88. The van der Waals surface area contributed by atoms with Gasteiger partial charge in [0, 0.05) is 12.6 Å². The number of nitrogens with zero attached hydrogens (tertiary/aromatic N) is 2. The number of anilines is 1. The summed E-state index contributed by atoms with van der Waals surface area (Å²) in [6.45, 7) is 2.89. The van der Waals surface area contributed by atoms with E-state index < -0.39 is 0 Å². The smallest absolute Gasteiger partial charge is 0.190 e. The van der Waals surface area contributed by atoms with Crippen LogP contribution in [0.5, 0.6) is 5.75 Å². The molecular formula is C14H17N3OS2. The first-order valence-corrected chi connectivity index (χ1v) is 8.28. The van der Waals surface area contributed by atoms with E-state index in [4.69, 9.17) is 4.74 Å². The molecule has 1 N–H and O–H groups in total. The molecule has 0 aliphatic heterocycles. The number of nitrogens with one attached hydrogen (secondary N) is 1. The van der Waals surface area contributed by atoms with Gasteiger partial charge in [0.2, 0.25) is 0 Å². The quantitative estimate of drug-likeness (QED) is 0.498. The van der Waals surface area contributed by atoms with Gasteiger partial charge in [0.1, 0.15) is 16.6 Å². The Morgan fingerprint density at radius 3 is 2.75 bits per heavy atom. The molecule has 6 heteroatoms. The molecule has 0 amide bonds. The van der Waals surface area contributed by atoms with Crippen molar-refractivity contribution in [2.45, 2.75) is 22.0 Å².